The van der Waals surface area contributed by atoms with Gasteiger partial charge in [-0.15, -0.1) is 10.2 Å². The summed E-state index contributed by atoms with van der Waals surface area (Å²) in [7, 11) is 0. The van der Waals surface area contributed by atoms with Gasteiger partial charge in [-0.2, -0.15) is 5.26 Å². The molecule has 0 amide bonds. The first-order valence-electron chi connectivity index (χ1n) is 6.14. The highest BCUT2D eigenvalue weighted by molar-refractivity contribution is 9.08. The van der Waals surface area contributed by atoms with Crippen LogP contribution in [0.15, 0.2) is 24.3 Å². The summed E-state index contributed by atoms with van der Waals surface area (Å²) in [5.41, 5.74) is 1.64. The fraction of sp³-hybridized carbons (Fsp3) is 0.357. The third-order valence-corrected chi connectivity index (χ3v) is 3.27. The molecule has 4 nitrogen and oxygen atoms in total. The number of hydrogen-bond donors (Lipinski definition) is 0. The quantitative estimate of drug-likeness (QED) is 0.812. The highest BCUT2D eigenvalue weighted by atomic mass is 79.9. The van der Waals surface area contributed by atoms with Crippen LogP contribution in [0.4, 0.5) is 0 Å². The number of nitrogens with zero attached hydrogens (tertiary/aromatic N) is 4. The zero-order valence-corrected chi connectivity index (χ0v) is 12.6. The molecule has 0 aliphatic rings. The maximum Gasteiger partial charge on any atom is 0.163 e. The molecule has 2 aromatic rings. The van der Waals surface area contributed by atoms with Gasteiger partial charge in [0.1, 0.15) is 5.82 Å². The molecule has 5 heteroatoms. The molecule has 1 heterocycles. The van der Waals surface area contributed by atoms with E-state index in [1.165, 1.54) is 0 Å². The molecule has 0 saturated carbocycles. The number of halogens is 1. The van der Waals surface area contributed by atoms with Crippen LogP contribution in [0.3, 0.4) is 0 Å². The minimum absolute atomic E-state index is 0.519. The number of rotatable bonds is 4. The summed E-state index contributed by atoms with van der Waals surface area (Å²) >= 11 is 3.44. The van der Waals surface area contributed by atoms with E-state index in [4.69, 9.17) is 5.26 Å². The van der Waals surface area contributed by atoms with Crippen molar-refractivity contribution in [3.63, 3.8) is 0 Å². The lowest BCUT2D eigenvalue weighted by Gasteiger charge is -2.11. The number of nitriles is 1. The molecule has 98 valence electrons. The van der Waals surface area contributed by atoms with Crippen LogP contribution in [0.5, 0.6) is 0 Å². The van der Waals surface area contributed by atoms with E-state index in [2.05, 4.69) is 50.6 Å². The van der Waals surface area contributed by atoms with E-state index in [1.54, 1.807) is 12.1 Å². The Morgan fingerprint density at radius 1 is 1.26 bits per heavy atom. The van der Waals surface area contributed by atoms with Crippen LogP contribution in [-0.2, 0) is 11.9 Å². The lowest BCUT2D eigenvalue weighted by molar-refractivity contribution is 0.516. The molecular formula is C14H15BrN4. The third-order valence-electron chi connectivity index (χ3n) is 2.77. The van der Waals surface area contributed by atoms with Crippen molar-refractivity contribution in [2.75, 3.05) is 0 Å². The molecule has 0 aliphatic heterocycles. The molecular weight excluding hydrogens is 304 g/mol. The van der Waals surface area contributed by atoms with E-state index in [1.807, 2.05) is 12.1 Å². The maximum absolute atomic E-state index is 8.83. The van der Waals surface area contributed by atoms with Crippen LogP contribution in [0, 0.1) is 17.2 Å². The van der Waals surface area contributed by atoms with Gasteiger partial charge < -0.3 is 4.57 Å². The van der Waals surface area contributed by atoms with Gasteiger partial charge in [-0.3, -0.25) is 0 Å². The van der Waals surface area contributed by atoms with E-state index in [0.717, 1.165) is 23.8 Å². The molecule has 0 bridgehead atoms. The monoisotopic (exact) mass is 318 g/mol. The van der Waals surface area contributed by atoms with E-state index < -0.39 is 0 Å². The summed E-state index contributed by atoms with van der Waals surface area (Å²) < 4.78 is 2.13. The lowest BCUT2D eigenvalue weighted by Crippen LogP contribution is -2.09. The number of hydrogen-bond acceptors (Lipinski definition) is 3. The number of alkyl halides is 1. The van der Waals surface area contributed by atoms with E-state index in [-0.39, 0.29) is 0 Å². The van der Waals surface area contributed by atoms with Crippen LogP contribution in [-0.4, -0.2) is 14.8 Å². The van der Waals surface area contributed by atoms with Gasteiger partial charge >= 0.3 is 0 Å². The Hall–Kier alpha value is -1.67. The van der Waals surface area contributed by atoms with Gasteiger partial charge in [-0.05, 0) is 30.2 Å². The van der Waals surface area contributed by atoms with Crippen LogP contribution in [0.1, 0.15) is 25.2 Å². The minimum Gasteiger partial charge on any atom is -0.310 e. The summed E-state index contributed by atoms with van der Waals surface area (Å²) in [6, 6.07) is 9.55. The standard InChI is InChI=1S/C14H15BrN4/c1-10(2)9-19-13(7-15)17-18-14(19)12-5-3-11(8-16)4-6-12/h3-6,10H,7,9H2,1-2H3. The largest absolute Gasteiger partial charge is 0.310 e. The van der Waals surface area contributed by atoms with Crippen molar-refractivity contribution in [2.24, 2.45) is 5.92 Å². The Morgan fingerprint density at radius 3 is 2.47 bits per heavy atom. The average molecular weight is 319 g/mol. The zero-order valence-electron chi connectivity index (χ0n) is 11.0. The molecule has 0 unspecified atom stereocenters. The molecule has 0 fully saturated rings. The molecule has 0 radical (unpaired) electrons. The van der Waals surface area contributed by atoms with Crippen molar-refractivity contribution >= 4 is 15.9 Å². The van der Waals surface area contributed by atoms with Crippen molar-refractivity contribution in [1.82, 2.24) is 14.8 Å². The predicted molar refractivity (Wildman–Crippen MR) is 77.6 cm³/mol. The second-order valence-electron chi connectivity index (χ2n) is 4.77. The fourth-order valence-corrected chi connectivity index (χ4v) is 2.31. The van der Waals surface area contributed by atoms with Crippen LogP contribution < -0.4 is 0 Å². The van der Waals surface area contributed by atoms with Crippen molar-refractivity contribution < 1.29 is 0 Å². The van der Waals surface area contributed by atoms with Crippen LogP contribution in [0.25, 0.3) is 11.4 Å². The second-order valence-corrected chi connectivity index (χ2v) is 5.33. The molecule has 0 atom stereocenters. The first-order chi connectivity index (χ1) is 9.15. The van der Waals surface area contributed by atoms with Crippen LogP contribution in [0.2, 0.25) is 0 Å². The minimum atomic E-state index is 0.519. The Labute approximate surface area is 121 Å². The smallest absolute Gasteiger partial charge is 0.163 e. The van der Waals surface area contributed by atoms with Crippen molar-refractivity contribution in [2.45, 2.75) is 25.7 Å². The summed E-state index contributed by atoms with van der Waals surface area (Å²) in [5.74, 6) is 2.30. The molecule has 2 rings (SSSR count). The summed E-state index contributed by atoms with van der Waals surface area (Å²) in [6.07, 6.45) is 0. The Morgan fingerprint density at radius 2 is 1.95 bits per heavy atom. The van der Waals surface area contributed by atoms with Gasteiger partial charge in [0.15, 0.2) is 5.82 Å². The molecule has 19 heavy (non-hydrogen) atoms. The highest BCUT2D eigenvalue weighted by Crippen LogP contribution is 2.21. The summed E-state index contributed by atoms with van der Waals surface area (Å²) in [6.45, 7) is 5.21. The van der Waals surface area contributed by atoms with E-state index in [9.17, 15) is 0 Å². The van der Waals surface area contributed by atoms with E-state index in [0.29, 0.717) is 16.8 Å². The third kappa shape index (κ3) is 3.02. The Balaban J connectivity index is 2.43. The zero-order chi connectivity index (χ0) is 13.8. The molecule has 1 aromatic carbocycles. The SMILES string of the molecule is CC(C)Cn1c(CBr)nnc1-c1ccc(C#N)cc1. The van der Waals surface area contributed by atoms with Gasteiger partial charge in [0.2, 0.25) is 0 Å². The van der Waals surface area contributed by atoms with Crippen molar-refractivity contribution in [3.8, 4) is 17.5 Å². The average Bonchev–Trinajstić information content (AvgIpc) is 2.81. The predicted octanol–water partition coefficient (Wildman–Crippen LogP) is 3.37. The number of aromatic nitrogens is 3. The van der Waals surface area contributed by atoms with Crippen molar-refractivity contribution in [3.05, 3.63) is 35.7 Å². The van der Waals surface area contributed by atoms with Crippen molar-refractivity contribution in [1.29, 1.82) is 5.26 Å². The highest BCUT2D eigenvalue weighted by Gasteiger charge is 2.13. The summed E-state index contributed by atoms with van der Waals surface area (Å²) in [5, 5.41) is 18.0. The maximum atomic E-state index is 8.83. The number of benzene rings is 1. The molecule has 0 saturated heterocycles. The van der Waals surface area contributed by atoms with Gasteiger partial charge in [0.25, 0.3) is 0 Å². The topological polar surface area (TPSA) is 54.5 Å². The van der Waals surface area contributed by atoms with Gasteiger partial charge in [0, 0.05) is 12.1 Å². The Bertz CT molecular complexity index is 593. The first kappa shape index (κ1) is 13.8. The molecule has 0 aliphatic carbocycles. The molecule has 1 aromatic heterocycles. The Kier molecular flexibility index (Phi) is 4.33. The first-order valence-corrected chi connectivity index (χ1v) is 7.26. The van der Waals surface area contributed by atoms with Crippen LogP contribution >= 0.6 is 15.9 Å². The second kappa shape index (κ2) is 5.98. The molecule has 0 N–H and O–H groups in total. The molecule has 0 spiro atoms. The lowest BCUT2D eigenvalue weighted by atomic mass is 10.1. The van der Waals surface area contributed by atoms with Gasteiger partial charge in [-0.25, -0.2) is 0 Å². The van der Waals surface area contributed by atoms with Gasteiger partial charge in [0.05, 0.1) is 17.0 Å². The normalized spacial score (nSPS) is 10.7. The summed E-state index contributed by atoms with van der Waals surface area (Å²) in [4.78, 5) is 0. The fourth-order valence-electron chi connectivity index (χ4n) is 1.90. The van der Waals surface area contributed by atoms with Gasteiger partial charge in [-0.1, -0.05) is 29.8 Å². The van der Waals surface area contributed by atoms with E-state index >= 15 is 0 Å².